The summed E-state index contributed by atoms with van der Waals surface area (Å²) in [5.41, 5.74) is 1.54. The van der Waals surface area contributed by atoms with E-state index in [9.17, 15) is 15.0 Å². The number of hydrogen-bond donors (Lipinski definition) is 2. The van der Waals surface area contributed by atoms with Gasteiger partial charge >= 0.3 is 5.97 Å². The molecule has 1 aromatic carbocycles. The minimum absolute atomic E-state index is 0.0808. The topological polar surface area (TPSA) is 66.8 Å². The van der Waals surface area contributed by atoms with Crippen LogP contribution in [0.5, 0.6) is 0 Å². The first-order valence-corrected chi connectivity index (χ1v) is 5.65. The first-order valence-electron chi connectivity index (χ1n) is 5.12. The Morgan fingerprint density at radius 3 is 2.65 bits per heavy atom. The highest BCUT2D eigenvalue weighted by Gasteiger charge is 2.19. The zero-order valence-corrected chi connectivity index (χ0v) is 10.4. The van der Waals surface area contributed by atoms with Gasteiger partial charge in [-0.05, 0) is 24.1 Å². The summed E-state index contributed by atoms with van der Waals surface area (Å²) in [7, 11) is 1.29. The molecule has 0 bridgehead atoms. The van der Waals surface area contributed by atoms with Crippen molar-refractivity contribution >= 4 is 17.6 Å². The maximum atomic E-state index is 11.5. The molecule has 2 N–H and O–H groups in total. The zero-order valence-electron chi connectivity index (χ0n) is 9.68. The van der Waals surface area contributed by atoms with E-state index >= 15 is 0 Å². The van der Waals surface area contributed by atoms with E-state index in [-0.39, 0.29) is 5.88 Å². The van der Waals surface area contributed by atoms with Crippen molar-refractivity contribution in [1.82, 2.24) is 0 Å². The third-order valence-electron chi connectivity index (χ3n) is 2.53. The van der Waals surface area contributed by atoms with Crippen molar-refractivity contribution in [2.45, 2.75) is 19.1 Å². The Hall–Kier alpha value is -1.10. The number of aryl methyl sites for hydroxylation is 1. The molecule has 94 valence electrons. The van der Waals surface area contributed by atoms with Gasteiger partial charge in [0.05, 0.1) is 24.7 Å². The van der Waals surface area contributed by atoms with Crippen molar-refractivity contribution in [3.05, 3.63) is 34.9 Å². The lowest BCUT2D eigenvalue weighted by Gasteiger charge is -2.17. The van der Waals surface area contributed by atoms with E-state index in [2.05, 4.69) is 4.74 Å². The van der Waals surface area contributed by atoms with Crippen LogP contribution in [0.2, 0.25) is 0 Å². The van der Waals surface area contributed by atoms with Crippen LogP contribution in [0.1, 0.15) is 27.6 Å². The standard InChI is InChI=1S/C12H15ClO4/c1-7-3-4-8(11(15)10(14)6-13)5-9(7)12(16)17-2/h3-5,10-11,14-15H,6H2,1-2H3. The Morgan fingerprint density at radius 1 is 1.47 bits per heavy atom. The van der Waals surface area contributed by atoms with Gasteiger partial charge in [-0.1, -0.05) is 12.1 Å². The molecule has 0 aliphatic carbocycles. The molecule has 0 radical (unpaired) electrons. The first-order chi connectivity index (χ1) is 8.01. The Morgan fingerprint density at radius 2 is 2.12 bits per heavy atom. The third-order valence-corrected chi connectivity index (χ3v) is 2.85. The SMILES string of the molecule is COC(=O)c1cc(C(O)C(O)CCl)ccc1C. The lowest BCUT2D eigenvalue weighted by Crippen LogP contribution is -2.20. The number of aliphatic hydroxyl groups is 2. The monoisotopic (exact) mass is 258 g/mol. The minimum Gasteiger partial charge on any atom is -0.465 e. The molecule has 4 nitrogen and oxygen atoms in total. The number of methoxy groups -OCH3 is 1. The summed E-state index contributed by atoms with van der Waals surface area (Å²) in [6.45, 7) is 1.76. The van der Waals surface area contributed by atoms with Gasteiger partial charge in [0.25, 0.3) is 0 Å². The largest absolute Gasteiger partial charge is 0.465 e. The van der Waals surface area contributed by atoms with Gasteiger partial charge in [0.1, 0.15) is 6.10 Å². The van der Waals surface area contributed by atoms with Crippen molar-refractivity contribution in [2.24, 2.45) is 0 Å². The molecule has 1 aromatic rings. The van der Waals surface area contributed by atoms with Crippen LogP contribution >= 0.6 is 11.6 Å². The lowest BCUT2D eigenvalue weighted by molar-refractivity contribution is 0.0325. The highest BCUT2D eigenvalue weighted by molar-refractivity contribution is 6.18. The van der Waals surface area contributed by atoms with E-state index in [4.69, 9.17) is 11.6 Å². The second kappa shape index (κ2) is 6.00. The van der Waals surface area contributed by atoms with Crippen LogP contribution in [0.25, 0.3) is 0 Å². The van der Waals surface area contributed by atoms with Crippen LogP contribution in [-0.4, -0.2) is 35.3 Å². The number of rotatable bonds is 4. The maximum absolute atomic E-state index is 11.5. The summed E-state index contributed by atoms with van der Waals surface area (Å²) in [6, 6.07) is 4.83. The van der Waals surface area contributed by atoms with E-state index in [1.807, 2.05) is 0 Å². The number of carbonyl (C=O) groups is 1. The highest BCUT2D eigenvalue weighted by atomic mass is 35.5. The number of aliphatic hydroxyl groups excluding tert-OH is 2. The average molecular weight is 259 g/mol. The normalized spacial score (nSPS) is 14.2. The fraction of sp³-hybridized carbons (Fsp3) is 0.417. The fourth-order valence-corrected chi connectivity index (χ4v) is 1.63. The van der Waals surface area contributed by atoms with E-state index < -0.39 is 18.2 Å². The van der Waals surface area contributed by atoms with E-state index in [0.29, 0.717) is 11.1 Å². The number of halogens is 1. The second-order valence-electron chi connectivity index (χ2n) is 3.73. The number of ether oxygens (including phenoxy) is 1. The molecule has 0 heterocycles. The number of carbonyl (C=O) groups excluding carboxylic acids is 1. The summed E-state index contributed by atoms with van der Waals surface area (Å²) in [6.07, 6.45) is -2.18. The molecule has 17 heavy (non-hydrogen) atoms. The molecule has 0 fully saturated rings. The van der Waals surface area contributed by atoms with Gasteiger partial charge in [0.15, 0.2) is 0 Å². The van der Waals surface area contributed by atoms with Gasteiger partial charge < -0.3 is 14.9 Å². The Balaban J connectivity index is 3.08. The van der Waals surface area contributed by atoms with Crippen molar-refractivity contribution in [3.63, 3.8) is 0 Å². The Labute approximate surface area is 105 Å². The molecule has 0 saturated carbocycles. The molecular formula is C12H15ClO4. The summed E-state index contributed by atoms with van der Waals surface area (Å²) >= 11 is 5.46. The molecule has 0 aliphatic rings. The molecule has 0 amide bonds. The van der Waals surface area contributed by atoms with Crippen molar-refractivity contribution in [2.75, 3.05) is 13.0 Å². The molecular weight excluding hydrogens is 244 g/mol. The second-order valence-corrected chi connectivity index (χ2v) is 4.04. The minimum atomic E-state index is -1.11. The lowest BCUT2D eigenvalue weighted by atomic mass is 9.99. The Kier molecular flexibility index (Phi) is 4.93. The van der Waals surface area contributed by atoms with Gasteiger partial charge in [0, 0.05) is 0 Å². The van der Waals surface area contributed by atoms with Crippen molar-refractivity contribution in [1.29, 1.82) is 0 Å². The predicted octanol–water partition coefficient (Wildman–Crippen LogP) is 1.41. The van der Waals surface area contributed by atoms with Crippen molar-refractivity contribution < 1.29 is 19.7 Å². The predicted molar refractivity (Wildman–Crippen MR) is 64.2 cm³/mol. The fourth-order valence-electron chi connectivity index (χ4n) is 1.46. The van der Waals surface area contributed by atoms with Gasteiger partial charge in [-0.3, -0.25) is 0 Å². The van der Waals surface area contributed by atoms with E-state index in [0.717, 1.165) is 5.56 Å². The smallest absolute Gasteiger partial charge is 0.338 e. The van der Waals surface area contributed by atoms with Crippen LogP contribution in [0.15, 0.2) is 18.2 Å². The molecule has 5 heteroatoms. The van der Waals surface area contributed by atoms with E-state index in [1.54, 1.807) is 19.1 Å². The molecule has 2 unspecified atom stereocenters. The van der Waals surface area contributed by atoms with Crippen LogP contribution in [0, 0.1) is 6.92 Å². The van der Waals surface area contributed by atoms with Crippen LogP contribution in [-0.2, 0) is 4.74 Å². The molecule has 1 rings (SSSR count). The van der Waals surface area contributed by atoms with E-state index in [1.165, 1.54) is 13.2 Å². The van der Waals surface area contributed by atoms with Gasteiger partial charge in [-0.15, -0.1) is 11.6 Å². The number of alkyl halides is 1. The molecule has 2 atom stereocenters. The zero-order chi connectivity index (χ0) is 13.0. The molecule has 0 spiro atoms. The Bertz CT molecular complexity index is 405. The van der Waals surface area contributed by atoms with Gasteiger partial charge in [-0.25, -0.2) is 4.79 Å². The summed E-state index contributed by atoms with van der Waals surface area (Å²) < 4.78 is 4.63. The summed E-state index contributed by atoms with van der Waals surface area (Å²) in [5.74, 6) is -0.556. The quantitative estimate of drug-likeness (QED) is 0.633. The van der Waals surface area contributed by atoms with Crippen LogP contribution < -0.4 is 0 Å². The van der Waals surface area contributed by atoms with Gasteiger partial charge in [-0.2, -0.15) is 0 Å². The summed E-state index contributed by atoms with van der Waals surface area (Å²) in [4.78, 5) is 11.5. The third kappa shape index (κ3) is 3.19. The number of hydrogen-bond acceptors (Lipinski definition) is 4. The van der Waals surface area contributed by atoms with Gasteiger partial charge in [0.2, 0.25) is 0 Å². The molecule has 0 aliphatic heterocycles. The number of benzene rings is 1. The van der Waals surface area contributed by atoms with Crippen LogP contribution in [0.3, 0.4) is 0 Å². The molecule has 0 saturated heterocycles. The first kappa shape index (κ1) is 14.0. The average Bonchev–Trinajstić information content (AvgIpc) is 2.36. The maximum Gasteiger partial charge on any atom is 0.338 e. The highest BCUT2D eigenvalue weighted by Crippen LogP contribution is 2.21. The molecule has 0 aromatic heterocycles. The number of esters is 1. The summed E-state index contributed by atoms with van der Waals surface area (Å²) in [5, 5.41) is 19.2. The van der Waals surface area contributed by atoms with Crippen LogP contribution in [0.4, 0.5) is 0 Å². The van der Waals surface area contributed by atoms with Crippen molar-refractivity contribution in [3.8, 4) is 0 Å².